The second-order valence-electron chi connectivity index (χ2n) is 5.45. The molecule has 0 bridgehead atoms. The molecular formula is C14H18N2O5S. The predicted octanol–water partition coefficient (Wildman–Crippen LogP) is 2.35. The van der Waals surface area contributed by atoms with E-state index in [1.165, 1.54) is 30.0 Å². The number of benzene rings is 1. The lowest BCUT2D eigenvalue weighted by Crippen LogP contribution is -2.44. The summed E-state index contributed by atoms with van der Waals surface area (Å²) in [5.74, 6) is -0.414. The summed E-state index contributed by atoms with van der Waals surface area (Å²) in [6, 6.07) is 3.30. The van der Waals surface area contributed by atoms with Crippen LogP contribution in [0.15, 0.2) is 18.2 Å². The van der Waals surface area contributed by atoms with Crippen molar-refractivity contribution in [3.8, 4) is 5.75 Å². The van der Waals surface area contributed by atoms with Gasteiger partial charge in [0.2, 0.25) is 0 Å². The first-order valence-corrected chi connectivity index (χ1v) is 7.72. The summed E-state index contributed by atoms with van der Waals surface area (Å²) in [6.45, 7) is 5.79. The van der Waals surface area contributed by atoms with Crippen LogP contribution in [-0.4, -0.2) is 33.4 Å². The normalized spacial score (nSPS) is 23.2. The lowest BCUT2D eigenvalue weighted by atomic mass is 10.0. The van der Waals surface area contributed by atoms with Gasteiger partial charge < -0.3 is 9.84 Å². The molecule has 2 rings (SSSR count). The number of nitro benzene ring substituents is 1. The highest BCUT2D eigenvalue weighted by molar-refractivity contribution is 8.01. The van der Waals surface area contributed by atoms with E-state index in [1.54, 1.807) is 6.92 Å². The van der Waals surface area contributed by atoms with E-state index in [2.05, 4.69) is 5.32 Å². The van der Waals surface area contributed by atoms with Gasteiger partial charge in [0, 0.05) is 22.4 Å². The molecule has 120 valence electrons. The van der Waals surface area contributed by atoms with E-state index in [1.807, 2.05) is 13.8 Å². The van der Waals surface area contributed by atoms with E-state index in [0.717, 1.165) is 0 Å². The Morgan fingerprint density at radius 2 is 2.23 bits per heavy atom. The zero-order valence-electron chi connectivity index (χ0n) is 12.5. The van der Waals surface area contributed by atoms with E-state index in [4.69, 9.17) is 4.74 Å². The number of nitro groups is 1. The summed E-state index contributed by atoms with van der Waals surface area (Å²) >= 11 is 1.42. The maximum atomic E-state index is 12.0. The maximum Gasteiger partial charge on any atom is 0.324 e. The molecule has 1 aliphatic rings. The van der Waals surface area contributed by atoms with Gasteiger partial charge in [0.05, 0.1) is 16.9 Å². The molecule has 0 saturated carbocycles. The van der Waals surface area contributed by atoms with Crippen LogP contribution in [0.1, 0.15) is 31.7 Å². The molecular weight excluding hydrogens is 308 g/mol. The average Bonchev–Trinajstić information content (AvgIpc) is 2.75. The minimum absolute atomic E-state index is 0.0455. The second kappa shape index (κ2) is 6.13. The molecule has 0 amide bonds. The van der Waals surface area contributed by atoms with E-state index in [-0.39, 0.29) is 24.0 Å². The number of aromatic hydroxyl groups is 1. The van der Waals surface area contributed by atoms with Gasteiger partial charge >= 0.3 is 5.97 Å². The van der Waals surface area contributed by atoms with Crippen molar-refractivity contribution in [2.75, 3.05) is 6.61 Å². The number of esters is 1. The number of phenols is 1. The predicted molar refractivity (Wildman–Crippen MR) is 82.7 cm³/mol. The number of ether oxygens (including phenoxy) is 1. The second-order valence-corrected chi connectivity index (χ2v) is 7.21. The van der Waals surface area contributed by atoms with Gasteiger partial charge in [-0.1, -0.05) is 0 Å². The number of thioether (sulfide) groups is 1. The minimum Gasteiger partial charge on any atom is -0.508 e. The summed E-state index contributed by atoms with van der Waals surface area (Å²) in [6.07, 6.45) is 0. The topological polar surface area (TPSA) is 102 Å². The number of nitrogens with zero attached hydrogens (tertiary/aromatic N) is 1. The summed E-state index contributed by atoms with van der Waals surface area (Å²) in [5.41, 5.74) is 0.284. The van der Waals surface area contributed by atoms with Crippen molar-refractivity contribution in [3.63, 3.8) is 0 Å². The molecule has 1 aromatic rings. The Hall–Kier alpha value is -1.80. The van der Waals surface area contributed by atoms with Crippen molar-refractivity contribution < 1.29 is 19.6 Å². The van der Waals surface area contributed by atoms with Crippen molar-refractivity contribution in [2.24, 2.45) is 0 Å². The van der Waals surface area contributed by atoms with E-state index < -0.39 is 21.1 Å². The summed E-state index contributed by atoms with van der Waals surface area (Å²) in [5, 5.41) is 23.5. The number of phenolic OH excluding ortho intramolecular Hbond substituents is 1. The first kappa shape index (κ1) is 16.6. The molecule has 0 spiro atoms. The largest absolute Gasteiger partial charge is 0.508 e. The summed E-state index contributed by atoms with van der Waals surface area (Å²) < 4.78 is 4.59. The molecule has 22 heavy (non-hydrogen) atoms. The van der Waals surface area contributed by atoms with Gasteiger partial charge in [-0.25, -0.2) is 0 Å². The molecule has 2 atom stereocenters. The van der Waals surface area contributed by atoms with E-state index in [0.29, 0.717) is 5.56 Å². The lowest BCUT2D eigenvalue weighted by molar-refractivity contribution is -0.384. The highest BCUT2D eigenvalue weighted by atomic mass is 32.2. The standard InChI is InChI=1S/C14H18N2O5S/c1-4-21-13(18)11-14(2,3)22-12(15-11)9-7-8(16(19)20)5-6-10(9)17/h5-7,11-12,15,17H,4H2,1-3H3/t11-,12-/m0/s1. The van der Waals surface area contributed by atoms with Crippen molar-refractivity contribution in [1.29, 1.82) is 0 Å². The first-order valence-electron chi connectivity index (χ1n) is 6.84. The van der Waals surface area contributed by atoms with E-state index >= 15 is 0 Å². The fourth-order valence-electron chi connectivity index (χ4n) is 2.35. The van der Waals surface area contributed by atoms with Crippen LogP contribution < -0.4 is 5.32 Å². The molecule has 1 aromatic carbocycles. The van der Waals surface area contributed by atoms with Crippen molar-refractivity contribution >= 4 is 23.4 Å². The highest BCUT2D eigenvalue weighted by Gasteiger charge is 2.47. The molecule has 0 radical (unpaired) electrons. The Bertz CT molecular complexity index is 605. The number of non-ortho nitro benzene ring substituents is 1. The number of hydrogen-bond acceptors (Lipinski definition) is 7. The van der Waals surface area contributed by atoms with Gasteiger partial charge in [-0.3, -0.25) is 20.2 Å². The van der Waals surface area contributed by atoms with Gasteiger partial charge in [-0.05, 0) is 26.8 Å². The van der Waals surface area contributed by atoms with Crippen LogP contribution >= 0.6 is 11.8 Å². The molecule has 1 aliphatic heterocycles. The van der Waals surface area contributed by atoms with Crippen molar-refractivity contribution in [1.82, 2.24) is 5.32 Å². The van der Waals surface area contributed by atoms with E-state index in [9.17, 15) is 20.0 Å². The minimum atomic E-state index is -0.555. The molecule has 0 unspecified atom stereocenters. The van der Waals surface area contributed by atoms with Crippen LogP contribution in [0.5, 0.6) is 5.75 Å². The third kappa shape index (κ3) is 3.17. The summed E-state index contributed by atoms with van der Waals surface area (Å²) in [7, 11) is 0. The first-order chi connectivity index (χ1) is 10.3. The Morgan fingerprint density at radius 1 is 1.55 bits per heavy atom. The molecule has 1 heterocycles. The maximum absolute atomic E-state index is 12.0. The lowest BCUT2D eigenvalue weighted by Gasteiger charge is -2.22. The fourth-order valence-corrected chi connectivity index (χ4v) is 3.78. The van der Waals surface area contributed by atoms with Crippen LogP contribution in [-0.2, 0) is 9.53 Å². The molecule has 7 nitrogen and oxygen atoms in total. The van der Waals surface area contributed by atoms with Gasteiger partial charge in [-0.2, -0.15) is 0 Å². The van der Waals surface area contributed by atoms with Gasteiger partial charge in [0.15, 0.2) is 0 Å². The quantitative estimate of drug-likeness (QED) is 0.497. The Morgan fingerprint density at radius 3 is 2.82 bits per heavy atom. The van der Waals surface area contributed by atoms with Crippen LogP contribution in [0.4, 0.5) is 5.69 Å². The third-order valence-corrected chi connectivity index (χ3v) is 4.93. The number of nitrogens with one attached hydrogen (secondary N) is 1. The Balaban J connectivity index is 2.30. The molecule has 1 saturated heterocycles. The van der Waals surface area contributed by atoms with Crippen LogP contribution in [0.2, 0.25) is 0 Å². The van der Waals surface area contributed by atoms with Gasteiger partial charge in [0.1, 0.15) is 11.8 Å². The Labute approximate surface area is 132 Å². The van der Waals surface area contributed by atoms with Crippen LogP contribution in [0, 0.1) is 10.1 Å². The Kier molecular flexibility index (Phi) is 4.62. The van der Waals surface area contributed by atoms with Crippen molar-refractivity contribution in [2.45, 2.75) is 36.9 Å². The molecule has 0 aliphatic carbocycles. The van der Waals surface area contributed by atoms with Gasteiger partial charge in [0.25, 0.3) is 5.69 Å². The molecule has 8 heteroatoms. The molecule has 0 aromatic heterocycles. The third-order valence-electron chi connectivity index (χ3n) is 3.46. The fraction of sp³-hybridized carbons (Fsp3) is 0.500. The van der Waals surface area contributed by atoms with Crippen LogP contribution in [0.25, 0.3) is 0 Å². The SMILES string of the molecule is CCOC(=O)[C@@H]1N[C@H](c2cc([N+](=O)[O-])ccc2O)SC1(C)C. The number of carbonyl (C=O) groups is 1. The summed E-state index contributed by atoms with van der Waals surface area (Å²) in [4.78, 5) is 22.4. The van der Waals surface area contributed by atoms with Crippen molar-refractivity contribution in [3.05, 3.63) is 33.9 Å². The smallest absolute Gasteiger partial charge is 0.324 e. The van der Waals surface area contributed by atoms with Gasteiger partial charge in [-0.15, -0.1) is 11.8 Å². The average molecular weight is 326 g/mol. The molecule has 1 fully saturated rings. The number of rotatable bonds is 4. The number of hydrogen-bond donors (Lipinski definition) is 2. The highest BCUT2D eigenvalue weighted by Crippen LogP contribution is 2.48. The monoisotopic (exact) mass is 326 g/mol. The zero-order valence-corrected chi connectivity index (χ0v) is 13.3. The molecule has 2 N–H and O–H groups in total. The zero-order chi connectivity index (χ0) is 16.5. The van der Waals surface area contributed by atoms with Crippen LogP contribution in [0.3, 0.4) is 0 Å². The number of carbonyl (C=O) groups excluding carboxylic acids is 1.